The Morgan fingerprint density at radius 3 is 2.56 bits per heavy atom. The van der Waals surface area contributed by atoms with E-state index in [9.17, 15) is 14.7 Å². The van der Waals surface area contributed by atoms with Gasteiger partial charge in [-0.1, -0.05) is 6.07 Å². The van der Waals surface area contributed by atoms with Gasteiger partial charge in [0.15, 0.2) is 0 Å². The zero-order chi connectivity index (χ0) is 17.6. The van der Waals surface area contributed by atoms with E-state index in [1.807, 2.05) is 18.2 Å². The predicted molar refractivity (Wildman–Crippen MR) is 94.7 cm³/mol. The van der Waals surface area contributed by atoms with E-state index in [1.54, 1.807) is 30.6 Å². The van der Waals surface area contributed by atoms with Crippen LogP contribution in [-0.2, 0) is 11.2 Å². The number of hydrogen-bond acceptors (Lipinski definition) is 4. The number of hydrogen-bond donors (Lipinski definition) is 2. The summed E-state index contributed by atoms with van der Waals surface area (Å²) in [6, 6.07) is 9.86. The monoisotopic (exact) mass is 339 g/mol. The quantitative estimate of drug-likeness (QED) is 0.842. The zero-order valence-electron chi connectivity index (χ0n) is 13.9. The van der Waals surface area contributed by atoms with E-state index < -0.39 is 12.0 Å². The number of carboxylic acid groups (broad SMARTS) is 1. The highest BCUT2D eigenvalue weighted by Crippen LogP contribution is 2.21. The standard InChI is InChI=1S/C19H21N3O3/c23-18(15-4-3-5-16(13-15)22-10-1-2-11-22)21-17(19(24)25)12-14-6-8-20-9-7-14/h3-9,13,17H,1-2,10-12H2,(H,21,23)(H,24,25). The normalized spacial score (nSPS) is 15.0. The van der Waals surface area contributed by atoms with Crippen LogP contribution in [0.15, 0.2) is 48.8 Å². The molecule has 1 atom stereocenters. The summed E-state index contributed by atoms with van der Waals surface area (Å²) >= 11 is 0. The van der Waals surface area contributed by atoms with Crippen LogP contribution in [0.25, 0.3) is 0 Å². The molecular formula is C19H21N3O3. The number of nitrogens with one attached hydrogen (secondary N) is 1. The van der Waals surface area contributed by atoms with Crippen LogP contribution < -0.4 is 10.2 Å². The lowest BCUT2D eigenvalue weighted by Crippen LogP contribution is -2.42. The number of aromatic nitrogens is 1. The Morgan fingerprint density at radius 2 is 1.88 bits per heavy atom. The van der Waals surface area contributed by atoms with Crippen LogP contribution >= 0.6 is 0 Å². The minimum Gasteiger partial charge on any atom is -0.480 e. The van der Waals surface area contributed by atoms with Gasteiger partial charge in [-0.2, -0.15) is 0 Å². The molecule has 6 nitrogen and oxygen atoms in total. The van der Waals surface area contributed by atoms with Gasteiger partial charge in [0.2, 0.25) is 0 Å². The Hall–Kier alpha value is -2.89. The lowest BCUT2D eigenvalue weighted by molar-refractivity contribution is -0.139. The number of rotatable bonds is 6. The van der Waals surface area contributed by atoms with Gasteiger partial charge in [-0.15, -0.1) is 0 Å². The van der Waals surface area contributed by atoms with E-state index in [1.165, 1.54) is 0 Å². The minimum atomic E-state index is -1.05. The van der Waals surface area contributed by atoms with Crippen LogP contribution in [0.2, 0.25) is 0 Å². The van der Waals surface area contributed by atoms with E-state index in [2.05, 4.69) is 15.2 Å². The van der Waals surface area contributed by atoms with Crippen molar-refractivity contribution in [3.05, 3.63) is 59.9 Å². The summed E-state index contributed by atoms with van der Waals surface area (Å²) < 4.78 is 0. The topological polar surface area (TPSA) is 82.5 Å². The first-order valence-electron chi connectivity index (χ1n) is 8.41. The molecule has 0 aliphatic carbocycles. The second-order valence-electron chi connectivity index (χ2n) is 6.17. The fourth-order valence-corrected chi connectivity index (χ4v) is 3.02. The first-order valence-corrected chi connectivity index (χ1v) is 8.41. The maximum absolute atomic E-state index is 12.5. The van der Waals surface area contributed by atoms with Crippen molar-refractivity contribution in [2.45, 2.75) is 25.3 Å². The van der Waals surface area contributed by atoms with Crippen LogP contribution in [0.1, 0.15) is 28.8 Å². The van der Waals surface area contributed by atoms with Crippen molar-refractivity contribution in [2.24, 2.45) is 0 Å². The third kappa shape index (κ3) is 4.35. The molecule has 2 heterocycles. The smallest absolute Gasteiger partial charge is 0.326 e. The Balaban J connectivity index is 1.71. The molecule has 1 amide bonds. The van der Waals surface area contributed by atoms with E-state index >= 15 is 0 Å². The van der Waals surface area contributed by atoms with Gasteiger partial charge in [-0.3, -0.25) is 9.78 Å². The minimum absolute atomic E-state index is 0.218. The molecule has 1 saturated heterocycles. The molecule has 0 radical (unpaired) electrons. The number of aliphatic carboxylic acids is 1. The summed E-state index contributed by atoms with van der Waals surface area (Å²) in [7, 11) is 0. The van der Waals surface area contributed by atoms with Crippen LogP contribution in [-0.4, -0.2) is 41.1 Å². The van der Waals surface area contributed by atoms with Crippen LogP contribution in [0.3, 0.4) is 0 Å². The van der Waals surface area contributed by atoms with E-state index in [4.69, 9.17) is 0 Å². The van der Waals surface area contributed by atoms with Gasteiger partial charge in [0.25, 0.3) is 5.91 Å². The third-order valence-corrected chi connectivity index (χ3v) is 4.37. The summed E-state index contributed by atoms with van der Waals surface area (Å²) in [6.45, 7) is 1.98. The van der Waals surface area contributed by atoms with Crippen molar-refractivity contribution < 1.29 is 14.7 Å². The number of anilines is 1. The molecule has 1 aromatic heterocycles. The third-order valence-electron chi connectivity index (χ3n) is 4.37. The first-order chi connectivity index (χ1) is 12.1. The molecule has 130 valence electrons. The van der Waals surface area contributed by atoms with Crippen molar-refractivity contribution in [3.63, 3.8) is 0 Å². The summed E-state index contributed by atoms with van der Waals surface area (Å²) in [4.78, 5) is 30.2. The summed E-state index contributed by atoms with van der Waals surface area (Å²) in [5.74, 6) is -1.43. The molecule has 1 aliphatic heterocycles. The van der Waals surface area contributed by atoms with E-state index in [-0.39, 0.29) is 12.3 Å². The molecule has 1 aromatic carbocycles. The lowest BCUT2D eigenvalue weighted by atomic mass is 10.1. The zero-order valence-corrected chi connectivity index (χ0v) is 13.9. The van der Waals surface area contributed by atoms with Crippen molar-refractivity contribution in [2.75, 3.05) is 18.0 Å². The number of nitrogens with zero attached hydrogens (tertiary/aromatic N) is 2. The Bertz CT molecular complexity index is 743. The lowest BCUT2D eigenvalue weighted by Gasteiger charge is -2.19. The second kappa shape index (κ2) is 7.79. The average Bonchev–Trinajstić information content (AvgIpc) is 3.17. The summed E-state index contributed by atoms with van der Waals surface area (Å²) in [6.07, 6.45) is 5.74. The number of amides is 1. The molecule has 1 unspecified atom stereocenters. The van der Waals surface area contributed by atoms with Gasteiger partial charge < -0.3 is 15.3 Å². The van der Waals surface area contributed by atoms with Gasteiger partial charge in [-0.05, 0) is 48.7 Å². The van der Waals surface area contributed by atoms with Crippen molar-refractivity contribution in [3.8, 4) is 0 Å². The van der Waals surface area contributed by atoms with Gasteiger partial charge in [0.05, 0.1) is 0 Å². The highest BCUT2D eigenvalue weighted by Gasteiger charge is 2.22. The molecular weight excluding hydrogens is 318 g/mol. The number of carbonyl (C=O) groups is 2. The maximum Gasteiger partial charge on any atom is 0.326 e. The van der Waals surface area contributed by atoms with E-state index in [0.29, 0.717) is 5.56 Å². The second-order valence-corrected chi connectivity index (χ2v) is 6.17. The highest BCUT2D eigenvalue weighted by molar-refractivity contribution is 5.97. The SMILES string of the molecule is O=C(NC(Cc1ccncc1)C(=O)O)c1cccc(N2CCCC2)c1. The first kappa shape index (κ1) is 17.0. The van der Waals surface area contributed by atoms with Crippen molar-refractivity contribution in [1.29, 1.82) is 0 Å². The fourth-order valence-electron chi connectivity index (χ4n) is 3.02. The number of pyridine rings is 1. The van der Waals surface area contributed by atoms with Crippen LogP contribution in [0.4, 0.5) is 5.69 Å². The molecule has 0 saturated carbocycles. The maximum atomic E-state index is 12.5. The fraction of sp³-hybridized carbons (Fsp3) is 0.316. The Morgan fingerprint density at radius 1 is 1.16 bits per heavy atom. The summed E-state index contributed by atoms with van der Waals surface area (Å²) in [5, 5.41) is 12.0. The summed E-state index contributed by atoms with van der Waals surface area (Å²) in [5.41, 5.74) is 2.30. The Labute approximate surface area is 146 Å². The predicted octanol–water partition coefficient (Wildman–Crippen LogP) is 2.11. The van der Waals surface area contributed by atoms with Gasteiger partial charge in [-0.25, -0.2) is 4.79 Å². The highest BCUT2D eigenvalue weighted by atomic mass is 16.4. The molecule has 2 N–H and O–H groups in total. The molecule has 1 aliphatic rings. The average molecular weight is 339 g/mol. The Kier molecular flexibility index (Phi) is 5.28. The largest absolute Gasteiger partial charge is 0.480 e. The molecule has 2 aromatic rings. The number of carbonyl (C=O) groups excluding carboxylic acids is 1. The molecule has 3 rings (SSSR count). The number of benzene rings is 1. The van der Waals surface area contributed by atoms with Gasteiger partial charge in [0, 0.05) is 43.2 Å². The van der Waals surface area contributed by atoms with Crippen LogP contribution in [0, 0.1) is 0 Å². The van der Waals surface area contributed by atoms with Crippen molar-refractivity contribution >= 4 is 17.6 Å². The molecule has 0 bridgehead atoms. The molecule has 6 heteroatoms. The molecule has 1 fully saturated rings. The van der Waals surface area contributed by atoms with Crippen molar-refractivity contribution in [1.82, 2.24) is 10.3 Å². The number of carboxylic acids is 1. The molecule has 0 spiro atoms. The van der Waals surface area contributed by atoms with E-state index in [0.717, 1.165) is 37.2 Å². The van der Waals surface area contributed by atoms with Gasteiger partial charge in [0.1, 0.15) is 6.04 Å². The van der Waals surface area contributed by atoms with Crippen LogP contribution in [0.5, 0.6) is 0 Å². The van der Waals surface area contributed by atoms with Gasteiger partial charge >= 0.3 is 5.97 Å². The molecule has 25 heavy (non-hydrogen) atoms.